The lowest BCUT2D eigenvalue weighted by atomic mass is 10.1. The van der Waals surface area contributed by atoms with Gasteiger partial charge in [-0.05, 0) is 42.0 Å². The Labute approximate surface area is 152 Å². The first-order valence-corrected chi connectivity index (χ1v) is 8.74. The number of rotatable bonds is 5. The van der Waals surface area contributed by atoms with Crippen LogP contribution < -0.4 is 4.74 Å². The van der Waals surface area contributed by atoms with E-state index in [1.807, 2.05) is 48.8 Å². The van der Waals surface area contributed by atoms with Crippen LogP contribution in [0.4, 0.5) is 0 Å². The number of nitrogens with one attached hydrogen (secondary N) is 1. The number of imidazole rings is 1. The van der Waals surface area contributed by atoms with Crippen LogP contribution in [-0.4, -0.2) is 46.7 Å². The smallest absolute Gasteiger partial charge is 0.126 e. The first-order valence-electron chi connectivity index (χ1n) is 8.74. The van der Waals surface area contributed by atoms with Crippen molar-refractivity contribution < 1.29 is 9.47 Å². The Morgan fingerprint density at radius 2 is 2.08 bits per heavy atom. The summed E-state index contributed by atoms with van der Waals surface area (Å²) in [6, 6.07) is 14.1. The molecule has 0 spiro atoms. The van der Waals surface area contributed by atoms with Gasteiger partial charge >= 0.3 is 0 Å². The van der Waals surface area contributed by atoms with E-state index in [0.717, 1.165) is 48.2 Å². The van der Waals surface area contributed by atoms with E-state index < -0.39 is 0 Å². The van der Waals surface area contributed by atoms with Gasteiger partial charge < -0.3 is 14.5 Å². The van der Waals surface area contributed by atoms with E-state index in [-0.39, 0.29) is 6.04 Å². The molecule has 0 bridgehead atoms. The maximum Gasteiger partial charge on any atom is 0.126 e. The minimum Gasteiger partial charge on any atom is -0.497 e. The molecular weight excluding hydrogens is 328 g/mol. The highest BCUT2D eigenvalue weighted by Crippen LogP contribution is 2.27. The summed E-state index contributed by atoms with van der Waals surface area (Å²) in [6.45, 7) is 3.00. The van der Waals surface area contributed by atoms with E-state index in [9.17, 15) is 0 Å². The SMILES string of the molecule is COc1ccc(-c2cnc(C3COCCN3Cc3ccccn3)[nH]2)cc1. The third-order valence-electron chi connectivity index (χ3n) is 4.64. The molecule has 1 aromatic carbocycles. The fraction of sp³-hybridized carbons (Fsp3) is 0.300. The number of H-pyrrole nitrogens is 1. The second kappa shape index (κ2) is 7.68. The lowest BCUT2D eigenvalue weighted by Crippen LogP contribution is -2.39. The maximum atomic E-state index is 5.71. The number of benzene rings is 1. The van der Waals surface area contributed by atoms with Crippen LogP contribution in [0.2, 0.25) is 0 Å². The van der Waals surface area contributed by atoms with Gasteiger partial charge in [-0.25, -0.2) is 4.98 Å². The van der Waals surface area contributed by atoms with Crippen molar-refractivity contribution in [1.82, 2.24) is 19.9 Å². The van der Waals surface area contributed by atoms with Gasteiger partial charge in [-0.1, -0.05) is 6.07 Å². The molecule has 1 aliphatic heterocycles. The number of nitrogens with zero attached hydrogens (tertiary/aromatic N) is 3. The van der Waals surface area contributed by atoms with Gasteiger partial charge in [0.15, 0.2) is 0 Å². The summed E-state index contributed by atoms with van der Waals surface area (Å²) in [5.74, 6) is 1.77. The molecule has 134 valence electrons. The summed E-state index contributed by atoms with van der Waals surface area (Å²) in [6.07, 6.45) is 3.71. The minimum absolute atomic E-state index is 0.0951. The molecule has 1 saturated heterocycles. The fourth-order valence-electron chi connectivity index (χ4n) is 3.20. The van der Waals surface area contributed by atoms with Gasteiger partial charge in [-0.15, -0.1) is 0 Å². The molecule has 1 aliphatic rings. The van der Waals surface area contributed by atoms with Gasteiger partial charge in [-0.2, -0.15) is 0 Å². The number of methoxy groups -OCH3 is 1. The van der Waals surface area contributed by atoms with Crippen molar-refractivity contribution in [2.45, 2.75) is 12.6 Å². The number of hydrogen-bond donors (Lipinski definition) is 1. The van der Waals surface area contributed by atoms with E-state index in [1.165, 1.54) is 0 Å². The second-order valence-electron chi connectivity index (χ2n) is 6.29. The number of morpholine rings is 1. The predicted octanol–water partition coefficient (Wildman–Crippen LogP) is 3.05. The van der Waals surface area contributed by atoms with Gasteiger partial charge in [-0.3, -0.25) is 9.88 Å². The lowest BCUT2D eigenvalue weighted by molar-refractivity contribution is -0.0161. The standard InChI is InChI=1S/C20H22N4O2/c1-25-17-7-5-15(6-8-17)18-12-22-20(23-18)19-14-26-11-10-24(19)13-16-4-2-3-9-21-16/h2-9,12,19H,10-11,13-14H2,1H3,(H,22,23). The molecule has 4 rings (SSSR count). The molecule has 2 aromatic heterocycles. The zero-order chi connectivity index (χ0) is 17.8. The van der Waals surface area contributed by atoms with Crippen LogP contribution in [0.1, 0.15) is 17.6 Å². The molecule has 0 aliphatic carbocycles. The molecule has 3 heterocycles. The van der Waals surface area contributed by atoms with E-state index >= 15 is 0 Å². The van der Waals surface area contributed by atoms with E-state index in [4.69, 9.17) is 9.47 Å². The summed E-state index contributed by atoms with van der Waals surface area (Å²) in [7, 11) is 1.67. The molecule has 6 nitrogen and oxygen atoms in total. The number of ether oxygens (including phenoxy) is 2. The highest BCUT2D eigenvalue weighted by molar-refractivity contribution is 5.59. The van der Waals surface area contributed by atoms with Gasteiger partial charge in [0.25, 0.3) is 0 Å². The van der Waals surface area contributed by atoms with Gasteiger partial charge in [0, 0.05) is 19.3 Å². The highest BCUT2D eigenvalue weighted by Gasteiger charge is 2.27. The van der Waals surface area contributed by atoms with E-state index in [2.05, 4.69) is 25.9 Å². The molecule has 0 radical (unpaired) electrons. The van der Waals surface area contributed by atoms with Crippen LogP contribution in [0.3, 0.4) is 0 Å². The maximum absolute atomic E-state index is 5.71. The van der Waals surface area contributed by atoms with Crippen molar-refractivity contribution in [1.29, 1.82) is 0 Å². The average Bonchev–Trinajstić information content (AvgIpc) is 3.19. The van der Waals surface area contributed by atoms with Crippen molar-refractivity contribution in [2.24, 2.45) is 0 Å². The quantitative estimate of drug-likeness (QED) is 0.766. The first-order chi connectivity index (χ1) is 12.8. The van der Waals surface area contributed by atoms with Gasteiger partial charge in [0.2, 0.25) is 0 Å². The third kappa shape index (κ3) is 3.61. The summed E-state index contributed by atoms with van der Waals surface area (Å²) in [5.41, 5.74) is 3.13. The molecule has 0 amide bonds. The number of hydrogen-bond acceptors (Lipinski definition) is 5. The lowest BCUT2D eigenvalue weighted by Gasteiger charge is -2.34. The third-order valence-corrected chi connectivity index (χ3v) is 4.64. The molecule has 1 unspecified atom stereocenters. The van der Waals surface area contributed by atoms with Crippen molar-refractivity contribution in [3.8, 4) is 17.0 Å². The van der Waals surface area contributed by atoms with Crippen LogP contribution in [0.15, 0.2) is 54.9 Å². The second-order valence-corrected chi connectivity index (χ2v) is 6.29. The zero-order valence-corrected chi connectivity index (χ0v) is 14.8. The highest BCUT2D eigenvalue weighted by atomic mass is 16.5. The monoisotopic (exact) mass is 350 g/mol. The fourth-order valence-corrected chi connectivity index (χ4v) is 3.20. The molecule has 0 saturated carbocycles. The largest absolute Gasteiger partial charge is 0.497 e. The zero-order valence-electron chi connectivity index (χ0n) is 14.8. The topological polar surface area (TPSA) is 63.3 Å². The number of aromatic amines is 1. The Kier molecular flexibility index (Phi) is 4.95. The minimum atomic E-state index is 0.0951. The number of pyridine rings is 1. The summed E-state index contributed by atoms with van der Waals surface area (Å²) in [4.78, 5) is 14.9. The Morgan fingerprint density at radius 3 is 2.85 bits per heavy atom. The van der Waals surface area contributed by atoms with Crippen molar-refractivity contribution >= 4 is 0 Å². The number of aromatic nitrogens is 3. The van der Waals surface area contributed by atoms with Crippen LogP contribution >= 0.6 is 0 Å². The van der Waals surface area contributed by atoms with Crippen LogP contribution in [0.25, 0.3) is 11.3 Å². The normalized spacial score (nSPS) is 18.0. The molecular formula is C20H22N4O2. The summed E-state index contributed by atoms with van der Waals surface area (Å²) >= 11 is 0. The van der Waals surface area contributed by atoms with E-state index in [0.29, 0.717) is 6.61 Å². The van der Waals surface area contributed by atoms with Gasteiger partial charge in [0.1, 0.15) is 11.6 Å². The molecule has 1 fully saturated rings. The Morgan fingerprint density at radius 1 is 1.19 bits per heavy atom. The van der Waals surface area contributed by atoms with Crippen LogP contribution in [0, 0.1) is 0 Å². The van der Waals surface area contributed by atoms with Crippen molar-refractivity contribution in [3.63, 3.8) is 0 Å². The first kappa shape index (κ1) is 16.8. The van der Waals surface area contributed by atoms with Crippen LogP contribution in [0.5, 0.6) is 5.75 Å². The molecule has 26 heavy (non-hydrogen) atoms. The molecule has 3 aromatic rings. The molecule has 6 heteroatoms. The van der Waals surface area contributed by atoms with Crippen molar-refractivity contribution in [3.05, 3.63) is 66.4 Å². The Bertz CT molecular complexity index is 833. The van der Waals surface area contributed by atoms with Crippen molar-refractivity contribution in [2.75, 3.05) is 26.9 Å². The molecule has 1 N–H and O–H groups in total. The Balaban J connectivity index is 1.54. The summed E-state index contributed by atoms with van der Waals surface area (Å²) in [5, 5.41) is 0. The summed E-state index contributed by atoms with van der Waals surface area (Å²) < 4.78 is 10.9. The van der Waals surface area contributed by atoms with E-state index in [1.54, 1.807) is 7.11 Å². The predicted molar refractivity (Wildman–Crippen MR) is 98.8 cm³/mol. The Hall–Kier alpha value is -2.70. The van der Waals surface area contributed by atoms with Crippen LogP contribution in [-0.2, 0) is 11.3 Å². The van der Waals surface area contributed by atoms with Gasteiger partial charge in [0.05, 0.1) is 44.0 Å². The molecule has 1 atom stereocenters. The average molecular weight is 350 g/mol.